The van der Waals surface area contributed by atoms with Crippen molar-refractivity contribution in [2.45, 2.75) is 39.7 Å². The first kappa shape index (κ1) is 16.3. The fraction of sp³-hybridized carbons (Fsp3) is 0.529. The van der Waals surface area contributed by atoms with E-state index < -0.39 is 0 Å². The van der Waals surface area contributed by atoms with Gasteiger partial charge in [0.25, 0.3) is 5.91 Å². The maximum absolute atomic E-state index is 12.5. The molecule has 5 nitrogen and oxygen atoms in total. The average Bonchev–Trinajstić information content (AvgIpc) is 3.08. The highest BCUT2D eigenvalue weighted by Crippen LogP contribution is 2.23. The van der Waals surface area contributed by atoms with E-state index in [-0.39, 0.29) is 17.9 Å². The van der Waals surface area contributed by atoms with Crippen molar-refractivity contribution in [2.75, 3.05) is 6.54 Å². The number of aryl methyl sites for hydroxylation is 1. The van der Waals surface area contributed by atoms with Crippen LogP contribution in [0.2, 0.25) is 0 Å². The molecular weight excluding hydrogens is 276 g/mol. The Morgan fingerprint density at radius 3 is 2.55 bits per heavy atom. The van der Waals surface area contributed by atoms with Gasteiger partial charge in [0.2, 0.25) is 0 Å². The van der Waals surface area contributed by atoms with Crippen LogP contribution in [-0.2, 0) is 7.05 Å². The summed E-state index contributed by atoms with van der Waals surface area (Å²) in [6, 6.07) is 6.07. The van der Waals surface area contributed by atoms with Crippen LogP contribution in [0.25, 0.3) is 0 Å². The van der Waals surface area contributed by atoms with Gasteiger partial charge >= 0.3 is 0 Å². The number of hydrogen-bond acceptors (Lipinski definition) is 2. The lowest BCUT2D eigenvalue weighted by molar-refractivity contribution is 0.0938. The van der Waals surface area contributed by atoms with Crippen molar-refractivity contribution >= 4 is 5.91 Å². The third-order valence-electron chi connectivity index (χ3n) is 4.09. The van der Waals surface area contributed by atoms with Gasteiger partial charge in [0.1, 0.15) is 5.69 Å². The third-order valence-corrected chi connectivity index (χ3v) is 4.09. The SMILES string of the molecule is CC(C)[C@H](CNC(=O)c1cccn1C(C)C)c1ccnn1C. The molecule has 0 aromatic carbocycles. The number of aromatic nitrogens is 3. The molecule has 120 valence electrons. The average molecular weight is 302 g/mol. The topological polar surface area (TPSA) is 51.9 Å². The zero-order chi connectivity index (χ0) is 16.3. The Hall–Kier alpha value is -2.04. The minimum atomic E-state index is -0.0217. The van der Waals surface area contributed by atoms with E-state index in [0.29, 0.717) is 18.2 Å². The smallest absolute Gasteiger partial charge is 0.267 e. The van der Waals surface area contributed by atoms with Gasteiger partial charge in [0, 0.05) is 43.6 Å². The quantitative estimate of drug-likeness (QED) is 0.892. The molecule has 1 amide bonds. The predicted molar refractivity (Wildman–Crippen MR) is 87.9 cm³/mol. The summed E-state index contributed by atoms with van der Waals surface area (Å²) >= 11 is 0. The first-order valence-electron chi connectivity index (χ1n) is 7.84. The molecule has 2 heterocycles. The second-order valence-electron chi connectivity index (χ2n) is 6.33. The lowest BCUT2D eigenvalue weighted by atomic mass is 9.92. The molecule has 2 aromatic rings. The molecule has 0 aliphatic heterocycles. The van der Waals surface area contributed by atoms with Gasteiger partial charge in [-0.15, -0.1) is 0 Å². The second kappa shape index (κ2) is 6.81. The summed E-state index contributed by atoms with van der Waals surface area (Å²) in [5.41, 5.74) is 1.86. The Bertz CT molecular complexity index is 624. The normalized spacial score (nSPS) is 12.9. The van der Waals surface area contributed by atoms with Crippen molar-refractivity contribution in [1.82, 2.24) is 19.7 Å². The van der Waals surface area contributed by atoms with Gasteiger partial charge in [-0.3, -0.25) is 9.48 Å². The second-order valence-corrected chi connectivity index (χ2v) is 6.33. The summed E-state index contributed by atoms with van der Waals surface area (Å²) < 4.78 is 3.87. The molecule has 0 spiro atoms. The summed E-state index contributed by atoms with van der Waals surface area (Å²) in [4.78, 5) is 12.5. The Balaban J connectivity index is 2.08. The molecule has 0 unspecified atom stereocenters. The first-order valence-corrected chi connectivity index (χ1v) is 7.84. The van der Waals surface area contributed by atoms with Crippen molar-refractivity contribution in [3.8, 4) is 0 Å². The molecule has 1 N–H and O–H groups in total. The van der Waals surface area contributed by atoms with Crippen molar-refractivity contribution in [2.24, 2.45) is 13.0 Å². The maximum Gasteiger partial charge on any atom is 0.267 e. The Labute approximate surface area is 132 Å². The van der Waals surface area contributed by atoms with Gasteiger partial charge in [-0.25, -0.2) is 0 Å². The van der Waals surface area contributed by atoms with Crippen LogP contribution < -0.4 is 5.32 Å². The van der Waals surface area contributed by atoms with Gasteiger partial charge in [-0.05, 0) is 38.0 Å². The number of nitrogens with zero attached hydrogens (tertiary/aromatic N) is 3. The molecule has 22 heavy (non-hydrogen) atoms. The third kappa shape index (κ3) is 3.40. The minimum absolute atomic E-state index is 0.0217. The van der Waals surface area contributed by atoms with Crippen LogP contribution >= 0.6 is 0 Å². The van der Waals surface area contributed by atoms with Crippen LogP contribution in [0.15, 0.2) is 30.6 Å². The molecule has 0 fully saturated rings. The molecule has 0 bridgehead atoms. The highest BCUT2D eigenvalue weighted by molar-refractivity contribution is 5.92. The van der Waals surface area contributed by atoms with E-state index in [0.717, 1.165) is 5.69 Å². The Morgan fingerprint density at radius 2 is 2.00 bits per heavy atom. The molecule has 5 heteroatoms. The Morgan fingerprint density at radius 1 is 1.27 bits per heavy atom. The van der Waals surface area contributed by atoms with E-state index in [2.05, 4.69) is 38.1 Å². The van der Waals surface area contributed by atoms with Crippen LogP contribution in [-0.4, -0.2) is 26.8 Å². The number of amides is 1. The molecule has 0 aliphatic carbocycles. The standard InChI is InChI=1S/C17H26N4O/c1-12(2)14(15-8-9-19-20(15)5)11-18-17(22)16-7-6-10-21(16)13(3)4/h6-10,12-14H,11H2,1-5H3,(H,18,22)/t14-/m0/s1. The van der Waals surface area contributed by atoms with E-state index in [1.165, 1.54) is 0 Å². The van der Waals surface area contributed by atoms with E-state index in [4.69, 9.17) is 0 Å². The number of nitrogens with one attached hydrogen (secondary N) is 1. The number of hydrogen-bond donors (Lipinski definition) is 1. The fourth-order valence-electron chi connectivity index (χ4n) is 2.76. The summed E-state index contributed by atoms with van der Waals surface area (Å²) in [5.74, 6) is 0.651. The van der Waals surface area contributed by atoms with Gasteiger partial charge in [0.05, 0.1) is 0 Å². The largest absolute Gasteiger partial charge is 0.350 e. The highest BCUT2D eigenvalue weighted by Gasteiger charge is 2.21. The van der Waals surface area contributed by atoms with Gasteiger partial charge in [-0.1, -0.05) is 13.8 Å². The van der Waals surface area contributed by atoms with E-state index in [1.807, 2.05) is 40.7 Å². The first-order chi connectivity index (χ1) is 10.4. The summed E-state index contributed by atoms with van der Waals surface area (Å²) in [5, 5.41) is 7.31. The minimum Gasteiger partial charge on any atom is -0.350 e. The van der Waals surface area contributed by atoms with Crippen LogP contribution in [0.3, 0.4) is 0 Å². The molecule has 0 aliphatic rings. The zero-order valence-electron chi connectivity index (χ0n) is 14.1. The van der Waals surface area contributed by atoms with Crippen LogP contribution in [0.1, 0.15) is 55.8 Å². The van der Waals surface area contributed by atoms with Crippen molar-refractivity contribution in [1.29, 1.82) is 0 Å². The van der Waals surface area contributed by atoms with Crippen molar-refractivity contribution < 1.29 is 4.79 Å². The summed E-state index contributed by atoms with van der Waals surface area (Å²) in [6.45, 7) is 9.09. The molecule has 0 saturated carbocycles. The van der Waals surface area contributed by atoms with Crippen LogP contribution in [0.4, 0.5) is 0 Å². The molecule has 2 rings (SSSR count). The van der Waals surface area contributed by atoms with Gasteiger partial charge in [0.15, 0.2) is 0 Å². The lowest BCUT2D eigenvalue weighted by Crippen LogP contribution is -2.32. The monoisotopic (exact) mass is 302 g/mol. The fourth-order valence-corrected chi connectivity index (χ4v) is 2.76. The molecular formula is C17H26N4O. The zero-order valence-corrected chi connectivity index (χ0v) is 14.1. The van der Waals surface area contributed by atoms with Crippen molar-refractivity contribution in [3.05, 3.63) is 42.0 Å². The molecule has 0 saturated heterocycles. The number of rotatable bonds is 6. The molecule has 1 atom stereocenters. The van der Waals surface area contributed by atoms with E-state index in [9.17, 15) is 4.79 Å². The summed E-state index contributed by atoms with van der Waals surface area (Å²) in [7, 11) is 1.94. The van der Waals surface area contributed by atoms with Crippen molar-refractivity contribution in [3.63, 3.8) is 0 Å². The van der Waals surface area contributed by atoms with E-state index in [1.54, 1.807) is 6.20 Å². The maximum atomic E-state index is 12.5. The predicted octanol–water partition coefficient (Wildman–Crippen LogP) is 2.97. The Kier molecular flexibility index (Phi) is 5.06. The van der Waals surface area contributed by atoms with Crippen LogP contribution in [0, 0.1) is 5.92 Å². The number of carbonyl (C=O) groups is 1. The lowest BCUT2D eigenvalue weighted by Gasteiger charge is -2.22. The van der Waals surface area contributed by atoms with Gasteiger partial charge in [-0.2, -0.15) is 5.10 Å². The highest BCUT2D eigenvalue weighted by atomic mass is 16.1. The molecule has 0 radical (unpaired) electrons. The van der Waals surface area contributed by atoms with Crippen LogP contribution in [0.5, 0.6) is 0 Å². The molecule has 2 aromatic heterocycles. The van der Waals surface area contributed by atoms with Gasteiger partial charge < -0.3 is 9.88 Å². The summed E-state index contributed by atoms with van der Waals surface area (Å²) in [6.07, 6.45) is 3.75. The number of carbonyl (C=O) groups excluding carboxylic acids is 1. The van der Waals surface area contributed by atoms with E-state index >= 15 is 0 Å².